The number of hydrogen-bond acceptors (Lipinski definition) is 6. The third-order valence-corrected chi connectivity index (χ3v) is 3.41. The number of hydrogen-bond donors (Lipinski definition) is 1. The van der Waals surface area contributed by atoms with Crippen LogP contribution in [0.2, 0.25) is 0 Å². The number of rotatable bonds is 6. The number of carbonyl (C=O) groups excluding carboxylic acids is 1. The molecule has 25 heavy (non-hydrogen) atoms. The topological polar surface area (TPSA) is 125 Å². The van der Waals surface area contributed by atoms with Crippen LogP contribution in [0.4, 0.5) is 17.1 Å². The van der Waals surface area contributed by atoms with Crippen molar-refractivity contribution in [2.24, 2.45) is 0 Å². The van der Waals surface area contributed by atoms with Crippen LogP contribution < -0.4 is 10.1 Å². The Balaban J connectivity index is 2.11. The number of nitrogens with one attached hydrogen (secondary N) is 1. The van der Waals surface area contributed by atoms with Crippen LogP contribution in [0.25, 0.3) is 0 Å². The molecule has 0 radical (unpaired) electrons. The third-order valence-electron chi connectivity index (χ3n) is 3.41. The molecule has 1 N–H and O–H groups in total. The van der Waals surface area contributed by atoms with Crippen LogP contribution in [0.5, 0.6) is 5.75 Å². The summed E-state index contributed by atoms with van der Waals surface area (Å²) in [7, 11) is 0. The lowest BCUT2D eigenvalue weighted by molar-refractivity contribution is -0.386. The first kappa shape index (κ1) is 17.9. The second kappa shape index (κ2) is 7.39. The van der Waals surface area contributed by atoms with Gasteiger partial charge in [0.2, 0.25) is 0 Å². The average Bonchev–Trinajstić information content (AvgIpc) is 2.56. The fraction of sp³-hybridized carbons (Fsp3) is 0.188. The fourth-order valence-corrected chi connectivity index (χ4v) is 2.09. The van der Waals surface area contributed by atoms with Crippen molar-refractivity contribution < 1.29 is 19.4 Å². The van der Waals surface area contributed by atoms with Crippen molar-refractivity contribution >= 4 is 23.0 Å². The number of non-ortho nitro benzene ring substituents is 1. The summed E-state index contributed by atoms with van der Waals surface area (Å²) in [6.07, 6.45) is -1.00. The van der Waals surface area contributed by atoms with Gasteiger partial charge in [-0.05, 0) is 31.5 Å². The van der Waals surface area contributed by atoms with E-state index in [0.717, 1.165) is 0 Å². The Bertz CT molecular complexity index is 836. The van der Waals surface area contributed by atoms with Crippen molar-refractivity contribution in [2.45, 2.75) is 20.0 Å². The minimum Gasteiger partial charge on any atom is -0.474 e. The summed E-state index contributed by atoms with van der Waals surface area (Å²) in [6.45, 7) is 3.07. The Labute approximate surface area is 142 Å². The molecule has 1 amide bonds. The van der Waals surface area contributed by atoms with Crippen LogP contribution in [0.15, 0.2) is 42.5 Å². The van der Waals surface area contributed by atoms with Crippen LogP contribution in [0.1, 0.15) is 12.5 Å². The van der Waals surface area contributed by atoms with Crippen molar-refractivity contribution in [2.75, 3.05) is 5.32 Å². The minimum absolute atomic E-state index is 0.0180. The van der Waals surface area contributed by atoms with Gasteiger partial charge in [-0.2, -0.15) is 0 Å². The van der Waals surface area contributed by atoms with Gasteiger partial charge in [-0.15, -0.1) is 0 Å². The largest absolute Gasteiger partial charge is 0.474 e. The van der Waals surface area contributed by atoms with E-state index >= 15 is 0 Å². The molecule has 0 saturated heterocycles. The number of carbonyl (C=O) groups is 1. The Hall–Kier alpha value is -3.49. The lowest BCUT2D eigenvalue weighted by Gasteiger charge is -2.15. The van der Waals surface area contributed by atoms with Gasteiger partial charge < -0.3 is 10.1 Å². The molecule has 130 valence electrons. The molecule has 2 rings (SSSR count). The minimum atomic E-state index is -1.00. The summed E-state index contributed by atoms with van der Waals surface area (Å²) >= 11 is 0. The highest BCUT2D eigenvalue weighted by Gasteiger charge is 2.21. The van der Waals surface area contributed by atoms with E-state index in [4.69, 9.17) is 4.74 Å². The maximum atomic E-state index is 12.2. The van der Waals surface area contributed by atoms with E-state index in [0.29, 0.717) is 11.3 Å². The number of nitro benzene ring substituents is 2. The van der Waals surface area contributed by atoms with Gasteiger partial charge >= 0.3 is 5.69 Å². The Kier molecular flexibility index (Phi) is 5.28. The van der Waals surface area contributed by atoms with Crippen LogP contribution in [0, 0.1) is 27.2 Å². The molecule has 0 bridgehead atoms. The lowest BCUT2D eigenvalue weighted by Crippen LogP contribution is -2.30. The van der Waals surface area contributed by atoms with Gasteiger partial charge in [-0.3, -0.25) is 25.0 Å². The van der Waals surface area contributed by atoms with E-state index in [9.17, 15) is 25.0 Å². The summed E-state index contributed by atoms with van der Waals surface area (Å²) in [5, 5.41) is 24.3. The summed E-state index contributed by atoms with van der Waals surface area (Å²) in [4.78, 5) is 32.8. The molecule has 0 aliphatic rings. The number of para-hydroxylation sites is 2. The first-order chi connectivity index (χ1) is 11.8. The second-order valence-corrected chi connectivity index (χ2v) is 5.23. The SMILES string of the molecule is Cc1cc([N+](=O)[O-])ccc1NC(=O)C(C)Oc1ccccc1[N+](=O)[O-]. The highest BCUT2D eigenvalue weighted by Crippen LogP contribution is 2.27. The number of aryl methyl sites for hydroxylation is 1. The summed E-state index contributed by atoms with van der Waals surface area (Å²) in [6, 6.07) is 9.77. The van der Waals surface area contributed by atoms with E-state index in [1.54, 1.807) is 13.0 Å². The molecule has 0 fully saturated rings. The van der Waals surface area contributed by atoms with Gasteiger partial charge in [0.1, 0.15) is 0 Å². The molecule has 2 aromatic carbocycles. The quantitative estimate of drug-likeness (QED) is 0.633. The number of nitro groups is 2. The molecule has 2 aromatic rings. The maximum absolute atomic E-state index is 12.2. The molecule has 1 unspecified atom stereocenters. The van der Waals surface area contributed by atoms with E-state index in [1.807, 2.05) is 0 Å². The van der Waals surface area contributed by atoms with Gasteiger partial charge in [-0.1, -0.05) is 12.1 Å². The number of amides is 1. The third kappa shape index (κ3) is 4.28. The second-order valence-electron chi connectivity index (χ2n) is 5.23. The average molecular weight is 345 g/mol. The van der Waals surface area contributed by atoms with Gasteiger partial charge in [0.25, 0.3) is 11.6 Å². The molecule has 0 heterocycles. The van der Waals surface area contributed by atoms with Gasteiger partial charge in [0.05, 0.1) is 9.85 Å². The molecule has 9 heteroatoms. The predicted octanol–water partition coefficient (Wildman–Crippen LogP) is 3.22. The molecular formula is C16H15N3O6. The van der Waals surface area contributed by atoms with Crippen molar-refractivity contribution in [3.63, 3.8) is 0 Å². The normalized spacial score (nSPS) is 11.4. The zero-order valence-corrected chi connectivity index (χ0v) is 13.5. The van der Waals surface area contributed by atoms with Crippen molar-refractivity contribution in [1.29, 1.82) is 0 Å². The molecule has 0 aromatic heterocycles. The molecule has 9 nitrogen and oxygen atoms in total. The first-order valence-electron chi connectivity index (χ1n) is 7.25. The molecule has 0 aliphatic heterocycles. The lowest BCUT2D eigenvalue weighted by atomic mass is 10.1. The Morgan fingerprint density at radius 3 is 2.40 bits per heavy atom. The fourth-order valence-electron chi connectivity index (χ4n) is 2.09. The van der Waals surface area contributed by atoms with E-state index in [1.165, 1.54) is 43.3 Å². The van der Waals surface area contributed by atoms with Crippen LogP contribution in [-0.2, 0) is 4.79 Å². The van der Waals surface area contributed by atoms with Crippen LogP contribution >= 0.6 is 0 Å². The maximum Gasteiger partial charge on any atom is 0.310 e. The smallest absolute Gasteiger partial charge is 0.310 e. The molecule has 0 spiro atoms. The van der Waals surface area contributed by atoms with Crippen molar-refractivity contribution in [1.82, 2.24) is 0 Å². The van der Waals surface area contributed by atoms with Crippen LogP contribution in [-0.4, -0.2) is 21.9 Å². The van der Waals surface area contributed by atoms with Crippen molar-refractivity contribution in [3.05, 3.63) is 68.3 Å². The zero-order valence-electron chi connectivity index (χ0n) is 13.5. The standard InChI is InChI=1S/C16H15N3O6/c1-10-9-12(18(21)22)7-8-13(10)17-16(20)11(2)25-15-6-4-3-5-14(15)19(23)24/h3-9,11H,1-2H3,(H,17,20). The molecule has 1 atom stereocenters. The van der Waals surface area contributed by atoms with Crippen molar-refractivity contribution in [3.8, 4) is 5.75 Å². The van der Waals surface area contributed by atoms with Gasteiger partial charge in [-0.25, -0.2) is 0 Å². The van der Waals surface area contributed by atoms with E-state index in [2.05, 4.69) is 5.32 Å². The Morgan fingerprint density at radius 1 is 1.12 bits per heavy atom. The van der Waals surface area contributed by atoms with E-state index in [-0.39, 0.29) is 17.1 Å². The number of anilines is 1. The molecular weight excluding hydrogens is 330 g/mol. The predicted molar refractivity (Wildman–Crippen MR) is 89.6 cm³/mol. The first-order valence-corrected chi connectivity index (χ1v) is 7.25. The summed E-state index contributed by atoms with van der Waals surface area (Å²) in [5.74, 6) is -0.550. The molecule has 0 aliphatic carbocycles. The molecule has 0 saturated carbocycles. The van der Waals surface area contributed by atoms with Crippen LogP contribution in [0.3, 0.4) is 0 Å². The van der Waals surface area contributed by atoms with E-state index < -0.39 is 21.9 Å². The Morgan fingerprint density at radius 2 is 1.80 bits per heavy atom. The van der Waals surface area contributed by atoms with Gasteiger partial charge in [0, 0.05) is 23.9 Å². The monoisotopic (exact) mass is 345 g/mol. The summed E-state index contributed by atoms with van der Waals surface area (Å²) in [5.41, 5.74) is 0.586. The number of ether oxygens (including phenoxy) is 1. The highest BCUT2D eigenvalue weighted by atomic mass is 16.6. The number of nitrogens with zero attached hydrogens (tertiary/aromatic N) is 2. The summed E-state index contributed by atoms with van der Waals surface area (Å²) < 4.78 is 5.38. The zero-order chi connectivity index (χ0) is 18.6. The number of benzene rings is 2. The highest BCUT2D eigenvalue weighted by molar-refractivity contribution is 5.95. The van der Waals surface area contributed by atoms with Gasteiger partial charge in [0.15, 0.2) is 11.9 Å².